The van der Waals surface area contributed by atoms with Crippen molar-refractivity contribution in [3.8, 4) is 11.3 Å². The number of carbonyl (C=O) groups excluding carboxylic acids is 2. The van der Waals surface area contributed by atoms with Crippen LogP contribution < -0.4 is 15.5 Å². The molecule has 46 heavy (non-hydrogen) atoms. The molecule has 0 radical (unpaired) electrons. The summed E-state index contributed by atoms with van der Waals surface area (Å²) in [5.41, 5.74) is 7.47. The number of hydrogen-bond acceptors (Lipinski definition) is 6. The van der Waals surface area contributed by atoms with Crippen LogP contribution >= 0.6 is 11.8 Å². The van der Waals surface area contributed by atoms with Gasteiger partial charge in [-0.3, -0.25) is 19.4 Å². The number of aromatic nitrogens is 1. The van der Waals surface area contributed by atoms with Crippen molar-refractivity contribution in [2.24, 2.45) is 0 Å². The van der Waals surface area contributed by atoms with Gasteiger partial charge >= 0.3 is 5.97 Å². The van der Waals surface area contributed by atoms with E-state index in [1.54, 1.807) is 24.4 Å². The molecule has 1 aliphatic heterocycles. The molecular weight excluding hydrogens is 596 g/mol. The normalized spacial score (nSPS) is 15.7. The third-order valence-corrected chi connectivity index (χ3v) is 9.66. The number of carboxylic acid groups (broad SMARTS) is 1. The Kier molecular flexibility index (Phi) is 9.98. The molecule has 0 saturated carbocycles. The minimum Gasteiger partial charge on any atom is -0.481 e. The van der Waals surface area contributed by atoms with Crippen molar-refractivity contribution in [1.82, 2.24) is 10.3 Å². The fourth-order valence-corrected chi connectivity index (χ4v) is 7.09. The van der Waals surface area contributed by atoms with Crippen molar-refractivity contribution >= 4 is 40.9 Å². The second kappa shape index (κ2) is 14.6. The third kappa shape index (κ3) is 7.59. The molecule has 1 saturated heterocycles. The summed E-state index contributed by atoms with van der Waals surface area (Å²) in [6, 6.07) is 25.2. The number of fused-ring (bicyclic) bond motifs is 1. The predicted octanol–water partition coefficient (Wildman–Crippen LogP) is 7.12. The van der Waals surface area contributed by atoms with Crippen molar-refractivity contribution in [3.05, 3.63) is 113 Å². The number of hydrogen-bond donors (Lipinski definition) is 3. The van der Waals surface area contributed by atoms with E-state index < -0.39 is 5.97 Å². The monoisotopic (exact) mass is 634 g/mol. The zero-order valence-corrected chi connectivity index (χ0v) is 26.5. The summed E-state index contributed by atoms with van der Waals surface area (Å²) in [4.78, 5) is 44.9. The summed E-state index contributed by atoms with van der Waals surface area (Å²) < 4.78 is 0. The van der Waals surface area contributed by atoms with Crippen LogP contribution in [0.4, 0.5) is 11.4 Å². The highest BCUT2D eigenvalue weighted by Gasteiger charge is 2.24. The largest absolute Gasteiger partial charge is 0.481 e. The van der Waals surface area contributed by atoms with Gasteiger partial charge in [0.1, 0.15) is 0 Å². The van der Waals surface area contributed by atoms with Crippen molar-refractivity contribution in [2.45, 2.75) is 50.3 Å². The minimum absolute atomic E-state index is 0.0241. The summed E-state index contributed by atoms with van der Waals surface area (Å²) in [5.74, 6) is -0.0892. The number of benzene rings is 3. The number of nitrogens with one attached hydrogen (secondary N) is 2. The van der Waals surface area contributed by atoms with Gasteiger partial charge < -0.3 is 20.6 Å². The number of carbonyl (C=O) groups is 3. The first-order valence-corrected chi connectivity index (χ1v) is 17.0. The Hall–Kier alpha value is -4.63. The molecule has 2 aliphatic rings. The van der Waals surface area contributed by atoms with Gasteiger partial charge in [-0.15, -0.1) is 0 Å². The zero-order valence-electron chi connectivity index (χ0n) is 25.7. The number of rotatable bonds is 11. The summed E-state index contributed by atoms with van der Waals surface area (Å²) in [6.45, 7) is 1.95. The molecule has 8 nitrogen and oxygen atoms in total. The maximum Gasteiger partial charge on any atom is 0.304 e. The van der Waals surface area contributed by atoms with Gasteiger partial charge in [0.05, 0.1) is 23.8 Å². The zero-order chi connectivity index (χ0) is 31.9. The Morgan fingerprint density at radius 1 is 0.891 bits per heavy atom. The van der Waals surface area contributed by atoms with Crippen LogP contribution in [0.5, 0.6) is 0 Å². The fraction of sp³-hybridized carbons (Fsp3) is 0.297. The van der Waals surface area contributed by atoms with E-state index in [9.17, 15) is 14.4 Å². The number of aryl methyl sites for hydroxylation is 1. The van der Waals surface area contributed by atoms with Crippen molar-refractivity contribution in [2.75, 3.05) is 29.1 Å². The van der Waals surface area contributed by atoms with E-state index in [1.165, 1.54) is 29.3 Å². The van der Waals surface area contributed by atoms with E-state index in [1.807, 2.05) is 42.5 Å². The SMILES string of the molecule is O=C(O)CCSCc1cccc(C(=O)Nc2ccc(N3CCCCC3)cc2-c2cc(C(=O)NC3CCc4ccccc43)ccn2)c1. The molecule has 4 aromatic rings. The number of carboxylic acids is 1. The summed E-state index contributed by atoms with van der Waals surface area (Å²) in [6.07, 6.45) is 7.07. The molecular formula is C37H38N4O4S. The molecule has 1 unspecified atom stereocenters. The van der Waals surface area contributed by atoms with E-state index in [-0.39, 0.29) is 24.3 Å². The molecule has 1 fully saturated rings. The van der Waals surface area contributed by atoms with Gasteiger partial charge in [0.15, 0.2) is 0 Å². The van der Waals surface area contributed by atoms with Crippen LogP contribution in [-0.4, -0.2) is 46.7 Å². The van der Waals surface area contributed by atoms with Gasteiger partial charge in [-0.25, -0.2) is 0 Å². The molecule has 1 aliphatic carbocycles. The molecule has 2 amide bonds. The molecule has 9 heteroatoms. The van der Waals surface area contributed by atoms with E-state index in [4.69, 9.17) is 5.11 Å². The molecule has 236 valence electrons. The van der Waals surface area contributed by atoms with Gasteiger partial charge in [-0.05, 0) is 91.3 Å². The van der Waals surface area contributed by atoms with Gasteiger partial charge in [-0.2, -0.15) is 11.8 Å². The van der Waals surface area contributed by atoms with E-state index in [0.29, 0.717) is 34.0 Å². The lowest BCUT2D eigenvalue weighted by atomic mass is 10.0. The van der Waals surface area contributed by atoms with Crippen molar-refractivity contribution < 1.29 is 19.5 Å². The van der Waals surface area contributed by atoms with Crippen LogP contribution in [0.25, 0.3) is 11.3 Å². The average molecular weight is 635 g/mol. The molecule has 6 rings (SSSR count). The second-order valence-corrected chi connectivity index (χ2v) is 12.9. The van der Waals surface area contributed by atoms with E-state index >= 15 is 0 Å². The fourth-order valence-electron chi connectivity index (χ4n) is 6.22. The Labute approximate surface area is 273 Å². The maximum absolute atomic E-state index is 13.5. The van der Waals surface area contributed by atoms with Crippen LogP contribution in [0.15, 0.2) is 85.1 Å². The van der Waals surface area contributed by atoms with Gasteiger partial charge in [0, 0.05) is 53.2 Å². The molecule has 1 atom stereocenters. The summed E-state index contributed by atoms with van der Waals surface area (Å²) in [5, 5.41) is 15.2. The quantitative estimate of drug-likeness (QED) is 0.151. The maximum atomic E-state index is 13.5. The van der Waals surface area contributed by atoms with E-state index in [0.717, 1.165) is 55.6 Å². The number of anilines is 2. The second-order valence-electron chi connectivity index (χ2n) is 11.8. The molecule has 1 aromatic heterocycles. The standard InChI is InChI=1S/C37H38N4O4S/c42-35(43)16-20-46-24-25-7-6-9-27(21-25)36(44)40-33-14-12-29(41-18-4-1-5-19-41)23-31(33)34-22-28(15-17-38-34)37(45)39-32-13-11-26-8-2-3-10-30(26)32/h2-3,6-10,12,14-15,17,21-23,32H,1,4-5,11,13,16,18-20,24H2,(H,39,45)(H,40,44)(H,42,43). The number of piperidine rings is 1. The van der Waals surface area contributed by atoms with Crippen molar-refractivity contribution in [3.63, 3.8) is 0 Å². The Morgan fingerprint density at radius 3 is 2.57 bits per heavy atom. The third-order valence-electron chi connectivity index (χ3n) is 8.63. The van der Waals surface area contributed by atoms with Gasteiger partial charge in [-0.1, -0.05) is 36.4 Å². The van der Waals surface area contributed by atoms with E-state index in [2.05, 4.69) is 38.7 Å². The number of thioether (sulfide) groups is 1. The van der Waals surface area contributed by atoms with Gasteiger partial charge in [0.2, 0.25) is 0 Å². The molecule has 0 spiro atoms. The first-order valence-electron chi connectivity index (χ1n) is 15.9. The lowest BCUT2D eigenvalue weighted by Crippen LogP contribution is -2.29. The number of nitrogens with zero attached hydrogens (tertiary/aromatic N) is 2. The van der Waals surface area contributed by atoms with Crippen LogP contribution in [0.2, 0.25) is 0 Å². The average Bonchev–Trinajstić information content (AvgIpc) is 3.50. The Morgan fingerprint density at radius 2 is 1.72 bits per heavy atom. The number of aliphatic carboxylic acids is 1. The van der Waals surface area contributed by atoms with Crippen LogP contribution in [0.1, 0.15) is 75.6 Å². The summed E-state index contributed by atoms with van der Waals surface area (Å²) >= 11 is 1.53. The molecule has 3 N–H and O–H groups in total. The van der Waals surface area contributed by atoms with Crippen LogP contribution in [0, 0.1) is 0 Å². The molecule has 3 aromatic carbocycles. The minimum atomic E-state index is -0.817. The highest BCUT2D eigenvalue weighted by atomic mass is 32.2. The lowest BCUT2D eigenvalue weighted by molar-refractivity contribution is -0.136. The highest BCUT2D eigenvalue weighted by Crippen LogP contribution is 2.34. The highest BCUT2D eigenvalue weighted by molar-refractivity contribution is 7.98. The Balaban J connectivity index is 1.24. The van der Waals surface area contributed by atoms with Crippen molar-refractivity contribution in [1.29, 1.82) is 0 Å². The Bertz CT molecular complexity index is 1740. The molecule has 0 bridgehead atoms. The lowest BCUT2D eigenvalue weighted by Gasteiger charge is -2.29. The van der Waals surface area contributed by atoms with Crippen LogP contribution in [-0.2, 0) is 17.0 Å². The first kappa shape index (κ1) is 31.4. The van der Waals surface area contributed by atoms with Gasteiger partial charge in [0.25, 0.3) is 11.8 Å². The first-order chi connectivity index (χ1) is 22.4. The predicted molar refractivity (Wildman–Crippen MR) is 184 cm³/mol. The summed E-state index contributed by atoms with van der Waals surface area (Å²) in [7, 11) is 0. The molecule has 2 heterocycles. The topological polar surface area (TPSA) is 112 Å². The number of amides is 2. The number of pyridine rings is 1. The smallest absolute Gasteiger partial charge is 0.304 e. The van der Waals surface area contributed by atoms with Crippen LogP contribution in [0.3, 0.4) is 0 Å².